The molecule has 0 spiro atoms. The van der Waals surface area contributed by atoms with Gasteiger partial charge in [-0.2, -0.15) is 0 Å². The highest BCUT2D eigenvalue weighted by atomic mass is 16.3. The van der Waals surface area contributed by atoms with Crippen LogP contribution in [0.25, 0.3) is 0 Å². The summed E-state index contributed by atoms with van der Waals surface area (Å²) in [7, 11) is 0. The first kappa shape index (κ1) is 5.38. The van der Waals surface area contributed by atoms with Gasteiger partial charge in [0, 0.05) is 24.9 Å². The maximum absolute atomic E-state index is 10.8. The van der Waals surface area contributed by atoms with E-state index in [0.29, 0.717) is 0 Å². The van der Waals surface area contributed by atoms with Crippen molar-refractivity contribution in [1.29, 1.82) is 0 Å². The SMILES string of the molecule is O=C1[C@@H](O)[C@@H]2CNC[C@@H]12. The molecule has 1 saturated heterocycles. The van der Waals surface area contributed by atoms with E-state index in [9.17, 15) is 4.79 Å². The van der Waals surface area contributed by atoms with E-state index in [0.717, 1.165) is 13.1 Å². The van der Waals surface area contributed by atoms with E-state index in [-0.39, 0.29) is 17.6 Å². The zero-order valence-corrected chi connectivity index (χ0v) is 5.00. The minimum atomic E-state index is -0.648. The van der Waals surface area contributed by atoms with E-state index in [4.69, 9.17) is 5.11 Å². The largest absolute Gasteiger partial charge is 0.385 e. The highest BCUT2D eigenvalue weighted by Crippen LogP contribution is 2.33. The van der Waals surface area contributed by atoms with Gasteiger partial charge < -0.3 is 10.4 Å². The van der Waals surface area contributed by atoms with Crippen LogP contribution in [0, 0.1) is 11.8 Å². The number of nitrogens with one attached hydrogen (secondary N) is 1. The highest BCUT2D eigenvalue weighted by Gasteiger charge is 2.50. The standard InChI is InChI=1S/C6H9NO2/c8-5-3-1-7-2-4(3)6(5)9/h3-5,7-8H,1-2H2/t3-,4-,5+/m1/s1. The summed E-state index contributed by atoms with van der Waals surface area (Å²) in [6, 6.07) is 0. The monoisotopic (exact) mass is 127 g/mol. The van der Waals surface area contributed by atoms with Gasteiger partial charge in [0.2, 0.25) is 0 Å². The van der Waals surface area contributed by atoms with Crippen LogP contribution < -0.4 is 5.32 Å². The van der Waals surface area contributed by atoms with Gasteiger partial charge in [-0.3, -0.25) is 4.79 Å². The summed E-state index contributed by atoms with van der Waals surface area (Å²) in [5, 5.41) is 12.1. The second-order valence-corrected chi connectivity index (χ2v) is 2.78. The van der Waals surface area contributed by atoms with Crippen LogP contribution in [0.5, 0.6) is 0 Å². The molecule has 0 amide bonds. The minimum absolute atomic E-state index is 0.0324. The molecule has 0 aromatic carbocycles. The van der Waals surface area contributed by atoms with Crippen LogP contribution in [0.4, 0.5) is 0 Å². The van der Waals surface area contributed by atoms with Crippen LogP contribution in [0.1, 0.15) is 0 Å². The Bertz CT molecular complexity index is 157. The second kappa shape index (κ2) is 1.55. The fraction of sp³-hybridized carbons (Fsp3) is 0.833. The van der Waals surface area contributed by atoms with Gasteiger partial charge in [0.05, 0.1) is 0 Å². The Morgan fingerprint density at radius 2 is 2.33 bits per heavy atom. The number of Topliss-reactive ketones (excluding diaryl/α,β-unsaturated/α-hetero) is 1. The van der Waals surface area contributed by atoms with Crippen molar-refractivity contribution in [2.75, 3.05) is 13.1 Å². The summed E-state index contributed by atoms with van der Waals surface area (Å²) in [6.45, 7) is 1.60. The lowest BCUT2D eigenvalue weighted by molar-refractivity contribution is -0.148. The van der Waals surface area contributed by atoms with Gasteiger partial charge in [0.1, 0.15) is 6.10 Å². The normalized spacial score (nSPS) is 48.6. The molecule has 50 valence electrons. The first-order valence-corrected chi connectivity index (χ1v) is 3.23. The molecule has 9 heavy (non-hydrogen) atoms. The van der Waals surface area contributed by atoms with E-state index < -0.39 is 6.10 Å². The average Bonchev–Trinajstić information content (AvgIpc) is 2.30. The zero-order valence-electron chi connectivity index (χ0n) is 5.00. The number of fused-ring (bicyclic) bond motifs is 1. The lowest BCUT2D eigenvalue weighted by Gasteiger charge is -2.33. The van der Waals surface area contributed by atoms with Gasteiger partial charge in [-0.15, -0.1) is 0 Å². The van der Waals surface area contributed by atoms with Crippen molar-refractivity contribution in [3.8, 4) is 0 Å². The van der Waals surface area contributed by atoms with Crippen molar-refractivity contribution >= 4 is 5.78 Å². The van der Waals surface area contributed by atoms with Crippen LogP contribution in [0.3, 0.4) is 0 Å². The average molecular weight is 127 g/mol. The fourth-order valence-corrected chi connectivity index (χ4v) is 1.65. The maximum atomic E-state index is 10.8. The van der Waals surface area contributed by atoms with Crippen LogP contribution in [0.15, 0.2) is 0 Å². The third-order valence-corrected chi connectivity index (χ3v) is 2.32. The maximum Gasteiger partial charge on any atom is 0.166 e. The number of carbonyl (C=O) groups excluding carboxylic acids is 1. The summed E-state index contributed by atoms with van der Waals surface area (Å²) in [6.07, 6.45) is -0.648. The Hall–Kier alpha value is -0.410. The van der Waals surface area contributed by atoms with E-state index in [1.807, 2.05) is 0 Å². The van der Waals surface area contributed by atoms with Crippen LogP contribution >= 0.6 is 0 Å². The number of ketones is 1. The predicted molar refractivity (Wildman–Crippen MR) is 30.9 cm³/mol. The van der Waals surface area contributed by atoms with Gasteiger partial charge in [-0.05, 0) is 0 Å². The molecule has 3 atom stereocenters. The van der Waals surface area contributed by atoms with Gasteiger partial charge in [0.25, 0.3) is 0 Å². The topological polar surface area (TPSA) is 49.3 Å². The Morgan fingerprint density at radius 1 is 1.56 bits per heavy atom. The van der Waals surface area contributed by atoms with Crippen molar-refractivity contribution in [2.24, 2.45) is 11.8 Å². The third kappa shape index (κ3) is 0.509. The number of aliphatic hydroxyl groups excluding tert-OH is 1. The molecular formula is C6H9NO2. The number of hydrogen-bond donors (Lipinski definition) is 2. The Labute approximate surface area is 53.1 Å². The highest BCUT2D eigenvalue weighted by molar-refractivity contribution is 5.92. The lowest BCUT2D eigenvalue weighted by atomic mass is 9.72. The van der Waals surface area contributed by atoms with Crippen molar-refractivity contribution < 1.29 is 9.90 Å². The van der Waals surface area contributed by atoms with Crippen LogP contribution in [-0.4, -0.2) is 30.1 Å². The zero-order chi connectivity index (χ0) is 6.43. The second-order valence-electron chi connectivity index (χ2n) is 2.78. The number of rotatable bonds is 0. The van der Waals surface area contributed by atoms with E-state index in [1.165, 1.54) is 0 Å². The van der Waals surface area contributed by atoms with Crippen molar-refractivity contribution in [2.45, 2.75) is 6.10 Å². The van der Waals surface area contributed by atoms with E-state index >= 15 is 0 Å². The predicted octanol–water partition coefficient (Wildman–Crippen LogP) is -1.23. The molecule has 0 aromatic rings. The molecule has 0 unspecified atom stereocenters. The summed E-state index contributed by atoms with van der Waals surface area (Å²) in [5.41, 5.74) is 0. The summed E-state index contributed by atoms with van der Waals surface area (Å²) < 4.78 is 0. The number of hydrogen-bond acceptors (Lipinski definition) is 3. The van der Waals surface area contributed by atoms with E-state index in [2.05, 4.69) is 5.32 Å². The fourth-order valence-electron chi connectivity index (χ4n) is 1.65. The van der Waals surface area contributed by atoms with Gasteiger partial charge >= 0.3 is 0 Å². The molecule has 2 aliphatic rings. The first-order chi connectivity index (χ1) is 4.30. The molecular weight excluding hydrogens is 118 g/mol. The van der Waals surface area contributed by atoms with Gasteiger partial charge in [-0.1, -0.05) is 0 Å². The van der Waals surface area contributed by atoms with Crippen LogP contribution in [0.2, 0.25) is 0 Å². The molecule has 2 fully saturated rings. The molecule has 0 bridgehead atoms. The molecule has 2 rings (SSSR count). The molecule has 1 heterocycles. The molecule has 2 N–H and O–H groups in total. The Morgan fingerprint density at radius 3 is 3.00 bits per heavy atom. The van der Waals surface area contributed by atoms with E-state index in [1.54, 1.807) is 0 Å². The lowest BCUT2D eigenvalue weighted by Crippen LogP contribution is -2.51. The third-order valence-electron chi connectivity index (χ3n) is 2.32. The molecule has 1 saturated carbocycles. The van der Waals surface area contributed by atoms with Crippen LogP contribution in [-0.2, 0) is 4.79 Å². The molecule has 3 nitrogen and oxygen atoms in total. The summed E-state index contributed by atoms with van der Waals surface area (Å²) in [4.78, 5) is 10.8. The molecule has 0 radical (unpaired) electrons. The molecule has 0 aromatic heterocycles. The number of carbonyl (C=O) groups is 1. The van der Waals surface area contributed by atoms with Gasteiger partial charge in [0.15, 0.2) is 5.78 Å². The molecule has 1 aliphatic carbocycles. The quantitative estimate of drug-likeness (QED) is 0.428. The molecule has 3 heteroatoms. The van der Waals surface area contributed by atoms with Crippen molar-refractivity contribution in [3.05, 3.63) is 0 Å². The minimum Gasteiger partial charge on any atom is -0.385 e. The van der Waals surface area contributed by atoms with Crippen molar-refractivity contribution in [1.82, 2.24) is 5.32 Å². The van der Waals surface area contributed by atoms with Gasteiger partial charge in [-0.25, -0.2) is 0 Å². The van der Waals surface area contributed by atoms with Crippen molar-refractivity contribution in [3.63, 3.8) is 0 Å². The Kier molecular flexibility index (Phi) is 0.926. The first-order valence-electron chi connectivity index (χ1n) is 3.23. The Balaban J connectivity index is 2.14. The smallest absolute Gasteiger partial charge is 0.166 e. The number of aliphatic hydroxyl groups is 1. The summed E-state index contributed by atoms with van der Waals surface area (Å²) >= 11 is 0. The summed E-state index contributed by atoms with van der Waals surface area (Å²) in [5.74, 6) is 0.405. The molecule has 1 aliphatic heterocycles.